The molecule has 3 N–H and O–H groups in total. The summed E-state index contributed by atoms with van der Waals surface area (Å²) in [6.07, 6.45) is 0.988. The third-order valence-corrected chi connectivity index (χ3v) is 4.46. The molecule has 0 spiro atoms. The predicted octanol–water partition coefficient (Wildman–Crippen LogP) is 1.45. The van der Waals surface area contributed by atoms with E-state index < -0.39 is 0 Å². The SMILES string of the molecule is NC(CCN1CCN(CCO)CC1)c1ccc(Br)cc1. The van der Waals surface area contributed by atoms with Crippen molar-refractivity contribution in [2.24, 2.45) is 5.73 Å². The number of benzene rings is 1. The van der Waals surface area contributed by atoms with Crippen LogP contribution in [0.15, 0.2) is 28.7 Å². The van der Waals surface area contributed by atoms with Gasteiger partial charge in [0.15, 0.2) is 0 Å². The van der Waals surface area contributed by atoms with Crippen molar-refractivity contribution in [3.05, 3.63) is 34.3 Å². The molecule has 0 aromatic heterocycles. The molecule has 4 nitrogen and oxygen atoms in total. The predicted molar refractivity (Wildman–Crippen MR) is 85.7 cm³/mol. The largest absolute Gasteiger partial charge is 0.395 e. The van der Waals surface area contributed by atoms with E-state index in [4.69, 9.17) is 10.8 Å². The monoisotopic (exact) mass is 341 g/mol. The molecule has 0 bridgehead atoms. The molecular weight excluding hydrogens is 318 g/mol. The molecule has 1 aliphatic heterocycles. The first-order chi connectivity index (χ1) is 9.69. The summed E-state index contributed by atoms with van der Waals surface area (Å²) in [6.45, 7) is 6.35. The van der Waals surface area contributed by atoms with E-state index in [0.29, 0.717) is 0 Å². The molecule has 20 heavy (non-hydrogen) atoms. The lowest BCUT2D eigenvalue weighted by Gasteiger charge is -2.34. The summed E-state index contributed by atoms with van der Waals surface area (Å²) in [6, 6.07) is 8.38. The zero-order valence-electron chi connectivity index (χ0n) is 11.8. The molecule has 0 aliphatic carbocycles. The van der Waals surface area contributed by atoms with Crippen LogP contribution in [0.25, 0.3) is 0 Å². The summed E-state index contributed by atoms with van der Waals surface area (Å²) in [5.74, 6) is 0. The molecule has 1 atom stereocenters. The van der Waals surface area contributed by atoms with E-state index in [1.165, 1.54) is 5.56 Å². The van der Waals surface area contributed by atoms with E-state index in [0.717, 1.165) is 50.2 Å². The second kappa shape index (κ2) is 8.10. The molecule has 0 saturated carbocycles. The second-order valence-corrected chi connectivity index (χ2v) is 6.27. The topological polar surface area (TPSA) is 52.7 Å². The van der Waals surface area contributed by atoms with Crippen LogP contribution in [0.2, 0.25) is 0 Å². The summed E-state index contributed by atoms with van der Waals surface area (Å²) in [5, 5.41) is 8.93. The van der Waals surface area contributed by atoms with E-state index in [2.05, 4.69) is 37.9 Å². The zero-order chi connectivity index (χ0) is 14.4. The number of aliphatic hydroxyl groups excluding tert-OH is 1. The Labute approximate surface area is 129 Å². The molecule has 0 radical (unpaired) electrons. The molecule has 1 heterocycles. The first kappa shape index (κ1) is 15.9. The van der Waals surface area contributed by atoms with Crippen LogP contribution >= 0.6 is 15.9 Å². The minimum Gasteiger partial charge on any atom is -0.395 e. The van der Waals surface area contributed by atoms with Crippen LogP contribution in [0.4, 0.5) is 0 Å². The van der Waals surface area contributed by atoms with Gasteiger partial charge in [-0.25, -0.2) is 0 Å². The molecule has 0 amide bonds. The maximum atomic E-state index is 8.93. The highest BCUT2D eigenvalue weighted by molar-refractivity contribution is 9.10. The van der Waals surface area contributed by atoms with Crippen molar-refractivity contribution < 1.29 is 5.11 Å². The molecule has 2 rings (SSSR count). The van der Waals surface area contributed by atoms with Crippen LogP contribution in [-0.4, -0.2) is 60.8 Å². The average molecular weight is 342 g/mol. The van der Waals surface area contributed by atoms with Gasteiger partial charge in [0.25, 0.3) is 0 Å². The third kappa shape index (κ3) is 4.82. The van der Waals surface area contributed by atoms with Crippen LogP contribution in [0.5, 0.6) is 0 Å². The van der Waals surface area contributed by atoms with Gasteiger partial charge in [-0.1, -0.05) is 28.1 Å². The normalized spacial score (nSPS) is 19.1. The van der Waals surface area contributed by atoms with Crippen LogP contribution in [0.1, 0.15) is 18.0 Å². The van der Waals surface area contributed by atoms with Gasteiger partial charge in [-0.15, -0.1) is 0 Å². The Morgan fingerprint density at radius 2 is 1.60 bits per heavy atom. The average Bonchev–Trinajstić information content (AvgIpc) is 2.47. The molecule has 1 aromatic carbocycles. The highest BCUT2D eigenvalue weighted by Crippen LogP contribution is 2.18. The Bertz CT molecular complexity index is 391. The summed E-state index contributed by atoms with van der Waals surface area (Å²) in [4.78, 5) is 4.78. The lowest BCUT2D eigenvalue weighted by molar-refractivity contribution is 0.110. The number of rotatable bonds is 6. The van der Waals surface area contributed by atoms with Crippen molar-refractivity contribution in [3.63, 3.8) is 0 Å². The first-order valence-corrected chi connectivity index (χ1v) is 8.05. The van der Waals surface area contributed by atoms with Crippen molar-refractivity contribution >= 4 is 15.9 Å². The molecule has 1 fully saturated rings. The van der Waals surface area contributed by atoms with Gasteiger partial charge in [-0.3, -0.25) is 4.90 Å². The van der Waals surface area contributed by atoms with E-state index in [1.807, 2.05) is 12.1 Å². The maximum absolute atomic E-state index is 8.93. The van der Waals surface area contributed by atoms with E-state index in [-0.39, 0.29) is 12.6 Å². The van der Waals surface area contributed by atoms with Gasteiger partial charge in [-0.05, 0) is 24.1 Å². The van der Waals surface area contributed by atoms with Gasteiger partial charge < -0.3 is 15.7 Å². The third-order valence-electron chi connectivity index (χ3n) is 3.94. The Kier molecular flexibility index (Phi) is 6.45. The molecule has 112 valence electrons. The molecule has 1 aromatic rings. The van der Waals surface area contributed by atoms with Crippen LogP contribution < -0.4 is 5.73 Å². The number of halogens is 1. The fraction of sp³-hybridized carbons (Fsp3) is 0.600. The highest BCUT2D eigenvalue weighted by atomic mass is 79.9. The lowest BCUT2D eigenvalue weighted by atomic mass is 10.0. The molecule has 1 unspecified atom stereocenters. The maximum Gasteiger partial charge on any atom is 0.0558 e. The number of nitrogens with zero attached hydrogens (tertiary/aromatic N) is 2. The Balaban J connectivity index is 1.71. The van der Waals surface area contributed by atoms with Crippen LogP contribution in [-0.2, 0) is 0 Å². The number of aliphatic hydroxyl groups is 1. The number of hydrogen-bond acceptors (Lipinski definition) is 4. The fourth-order valence-electron chi connectivity index (χ4n) is 2.58. The first-order valence-electron chi connectivity index (χ1n) is 7.25. The molecule has 1 aliphatic rings. The summed E-state index contributed by atoms with van der Waals surface area (Å²) < 4.78 is 1.09. The summed E-state index contributed by atoms with van der Waals surface area (Å²) >= 11 is 3.44. The molecular formula is C15H24BrN3O. The smallest absolute Gasteiger partial charge is 0.0558 e. The van der Waals surface area contributed by atoms with Crippen LogP contribution in [0, 0.1) is 0 Å². The van der Waals surface area contributed by atoms with E-state index in [1.54, 1.807) is 0 Å². The van der Waals surface area contributed by atoms with Gasteiger partial charge >= 0.3 is 0 Å². The molecule has 5 heteroatoms. The van der Waals surface area contributed by atoms with Gasteiger partial charge in [0.1, 0.15) is 0 Å². The minimum absolute atomic E-state index is 0.110. The lowest BCUT2D eigenvalue weighted by Crippen LogP contribution is -2.47. The highest BCUT2D eigenvalue weighted by Gasteiger charge is 2.17. The number of hydrogen-bond donors (Lipinski definition) is 2. The van der Waals surface area contributed by atoms with Crippen molar-refractivity contribution in [3.8, 4) is 0 Å². The van der Waals surface area contributed by atoms with Crippen molar-refractivity contribution in [1.82, 2.24) is 9.80 Å². The number of nitrogens with two attached hydrogens (primary N) is 1. The number of piperazine rings is 1. The number of β-amino-alcohol motifs (C(OH)–C–C–N with tert-alkyl or cyclic N) is 1. The van der Waals surface area contributed by atoms with E-state index >= 15 is 0 Å². The van der Waals surface area contributed by atoms with Gasteiger partial charge in [0, 0.05) is 49.8 Å². The Morgan fingerprint density at radius 1 is 1.05 bits per heavy atom. The quantitative estimate of drug-likeness (QED) is 0.822. The summed E-state index contributed by atoms with van der Waals surface area (Å²) in [7, 11) is 0. The molecule has 1 saturated heterocycles. The van der Waals surface area contributed by atoms with Gasteiger partial charge in [0.2, 0.25) is 0 Å². The minimum atomic E-state index is 0.110. The van der Waals surface area contributed by atoms with Crippen molar-refractivity contribution in [1.29, 1.82) is 0 Å². The van der Waals surface area contributed by atoms with Crippen molar-refractivity contribution in [2.75, 3.05) is 45.9 Å². The Hall–Kier alpha value is -0.460. The van der Waals surface area contributed by atoms with Gasteiger partial charge in [-0.2, -0.15) is 0 Å². The summed E-state index contributed by atoms with van der Waals surface area (Å²) in [5.41, 5.74) is 7.45. The Morgan fingerprint density at radius 3 is 2.15 bits per heavy atom. The van der Waals surface area contributed by atoms with Gasteiger partial charge in [0.05, 0.1) is 6.61 Å². The van der Waals surface area contributed by atoms with E-state index in [9.17, 15) is 0 Å². The van der Waals surface area contributed by atoms with Crippen LogP contribution in [0.3, 0.4) is 0 Å². The zero-order valence-corrected chi connectivity index (χ0v) is 13.4. The van der Waals surface area contributed by atoms with Crippen molar-refractivity contribution in [2.45, 2.75) is 12.5 Å². The second-order valence-electron chi connectivity index (χ2n) is 5.35. The standard InChI is InChI=1S/C15H24BrN3O/c16-14-3-1-13(2-4-14)15(17)5-6-18-7-9-19(10-8-18)11-12-20/h1-4,15,20H,5-12,17H2. The fourth-order valence-corrected chi connectivity index (χ4v) is 2.84.